The van der Waals surface area contributed by atoms with Gasteiger partial charge in [-0.3, -0.25) is 0 Å². The number of rotatable bonds is 0. The van der Waals surface area contributed by atoms with Crippen molar-refractivity contribution in [2.24, 2.45) is 31.7 Å². The largest absolute Gasteiger partial charge is 3.00 e. The monoisotopic (exact) mass is 210 g/mol. The summed E-state index contributed by atoms with van der Waals surface area (Å²) in [5.41, 5.74) is 0. The molecule has 0 spiro atoms. The van der Waals surface area contributed by atoms with Crippen LogP contribution in [-0.4, -0.2) is 33.0 Å². The molecule has 0 saturated carbocycles. The predicted molar refractivity (Wildman–Crippen MR) is 35.8 cm³/mol. The van der Waals surface area contributed by atoms with Gasteiger partial charge in [-0.05, 0) is 0 Å². The van der Waals surface area contributed by atoms with E-state index in [-0.39, 0.29) is 17.4 Å². The molecular formula is H3AlN6O6. The average Bonchev–Trinajstić information content (AvgIpc) is 2.18. The van der Waals surface area contributed by atoms with E-state index in [0.29, 0.717) is 0 Å². The summed E-state index contributed by atoms with van der Waals surface area (Å²) in [7, 11) is 0. The van der Waals surface area contributed by atoms with Crippen molar-refractivity contribution in [3.8, 4) is 0 Å². The molecule has 0 heterocycles. The molecule has 0 aliphatic heterocycles. The molecule has 13 heavy (non-hydrogen) atoms. The van der Waals surface area contributed by atoms with Crippen molar-refractivity contribution in [1.29, 1.82) is 0 Å². The SMILES string of the molecule is [Al+3].[O-]N=NO.[O-]N=NO.[O-]N=NO. The molecule has 3 N–H and O–H groups in total. The van der Waals surface area contributed by atoms with Gasteiger partial charge in [0.25, 0.3) is 0 Å². The Labute approximate surface area is 81.1 Å². The van der Waals surface area contributed by atoms with Crippen molar-refractivity contribution in [2.45, 2.75) is 0 Å². The summed E-state index contributed by atoms with van der Waals surface area (Å²) >= 11 is 0. The minimum atomic E-state index is 0. The van der Waals surface area contributed by atoms with Crippen molar-refractivity contribution in [1.82, 2.24) is 0 Å². The van der Waals surface area contributed by atoms with E-state index in [2.05, 4.69) is 0 Å². The summed E-state index contributed by atoms with van der Waals surface area (Å²) in [6.45, 7) is 0. The molecule has 0 aromatic rings. The molecule has 0 aliphatic carbocycles. The molecule has 0 atom stereocenters. The van der Waals surface area contributed by atoms with Crippen molar-refractivity contribution in [3.05, 3.63) is 15.6 Å². The van der Waals surface area contributed by atoms with Crippen LogP contribution in [0.1, 0.15) is 0 Å². The van der Waals surface area contributed by atoms with Crippen LogP contribution >= 0.6 is 0 Å². The number of nitrogens with zero attached hydrogens (tertiary/aromatic N) is 6. The minimum Gasteiger partial charge on any atom is -0.773 e. The molecule has 13 heteroatoms. The Morgan fingerprint density at radius 3 is 0.692 bits per heavy atom. The van der Waals surface area contributed by atoms with E-state index in [1.807, 2.05) is 0 Å². The average molecular weight is 210 g/mol. The maximum atomic E-state index is 8.51. The van der Waals surface area contributed by atoms with Gasteiger partial charge in [0.2, 0.25) is 0 Å². The Hall–Kier alpha value is -1.87. The molecule has 0 rings (SSSR count). The van der Waals surface area contributed by atoms with Crippen LogP contribution in [0.15, 0.2) is 31.7 Å². The summed E-state index contributed by atoms with van der Waals surface area (Å²) in [6, 6.07) is 0. The second-order valence-corrected chi connectivity index (χ2v) is 0.513. The van der Waals surface area contributed by atoms with E-state index >= 15 is 0 Å². The molecule has 0 radical (unpaired) electrons. The summed E-state index contributed by atoms with van der Waals surface area (Å²) in [4.78, 5) is 0. The van der Waals surface area contributed by atoms with Gasteiger partial charge in [-0.25, -0.2) is 0 Å². The standard InChI is InChI=1S/Al.3H2N2O2/c;3*3-1-2-4/h;3*(H,1,4)(H,2,3)/q+3;;;/p-3. The summed E-state index contributed by atoms with van der Waals surface area (Å²) in [5.74, 6) is 0. The molecular weight excluding hydrogens is 207 g/mol. The number of hydrogen-bond acceptors (Lipinski definition) is 9. The first kappa shape index (κ1) is 22.5. The van der Waals surface area contributed by atoms with E-state index in [4.69, 9.17) is 31.2 Å². The van der Waals surface area contributed by atoms with Gasteiger partial charge in [-0.1, -0.05) is 0 Å². The summed E-state index contributed by atoms with van der Waals surface area (Å²) in [6.07, 6.45) is 0. The Bertz CT molecular complexity index is 86.5. The molecule has 0 unspecified atom stereocenters. The van der Waals surface area contributed by atoms with Crippen LogP contribution in [0.25, 0.3) is 0 Å². The first-order valence-corrected chi connectivity index (χ1v) is 1.75. The van der Waals surface area contributed by atoms with Crippen LogP contribution in [0, 0.1) is 15.6 Å². The first-order valence-electron chi connectivity index (χ1n) is 1.75. The van der Waals surface area contributed by atoms with Crippen molar-refractivity contribution >= 4 is 17.4 Å². The van der Waals surface area contributed by atoms with Gasteiger partial charge >= 0.3 is 17.4 Å². The first-order chi connectivity index (χ1) is 5.74. The second-order valence-electron chi connectivity index (χ2n) is 0.513. The van der Waals surface area contributed by atoms with E-state index in [1.165, 1.54) is 0 Å². The van der Waals surface area contributed by atoms with E-state index in [9.17, 15) is 0 Å². The van der Waals surface area contributed by atoms with E-state index in [0.717, 1.165) is 0 Å². The maximum Gasteiger partial charge on any atom is 3.00 e. The van der Waals surface area contributed by atoms with Gasteiger partial charge in [0.1, 0.15) is 0 Å². The fourth-order valence-corrected chi connectivity index (χ4v) is 0. The zero-order chi connectivity index (χ0) is 10.2. The Balaban J connectivity index is -0.0000000450. The van der Waals surface area contributed by atoms with Crippen LogP contribution in [0.5, 0.6) is 0 Å². The van der Waals surface area contributed by atoms with Crippen molar-refractivity contribution in [3.63, 3.8) is 0 Å². The molecule has 72 valence electrons. The fourth-order valence-electron chi connectivity index (χ4n) is 0. The molecule has 0 aliphatic rings. The third kappa shape index (κ3) is 523. The van der Waals surface area contributed by atoms with Crippen LogP contribution in [0.2, 0.25) is 0 Å². The molecule has 0 fully saturated rings. The maximum absolute atomic E-state index is 8.51. The Kier molecular flexibility index (Phi) is 85.5. The quantitative estimate of drug-likeness (QED) is 0.296. The molecule has 0 aromatic carbocycles. The minimum absolute atomic E-state index is 0. The summed E-state index contributed by atoms with van der Waals surface area (Å²) < 4.78 is 0. The fraction of sp³-hybridized carbons (Fsp3) is 0. The van der Waals surface area contributed by atoms with Gasteiger partial charge in [0.05, 0.1) is 0 Å². The Morgan fingerprint density at radius 1 is 0.615 bits per heavy atom. The molecule has 12 nitrogen and oxygen atoms in total. The zero-order valence-electron chi connectivity index (χ0n) is 5.83. The third-order valence-corrected chi connectivity index (χ3v) is 0.110. The van der Waals surface area contributed by atoms with E-state index < -0.39 is 0 Å². The third-order valence-electron chi connectivity index (χ3n) is 0.110. The van der Waals surface area contributed by atoms with Gasteiger partial charge in [-0.2, -0.15) is 15.8 Å². The van der Waals surface area contributed by atoms with Crippen LogP contribution < -0.4 is 0 Å². The smallest absolute Gasteiger partial charge is 0.773 e. The van der Waals surface area contributed by atoms with Crippen LogP contribution in [0.4, 0.5) is 0 Å². The van der Waals surface area contributed by atoms with Gasteiger partial charge < -0.3 is 31.2 Å². The van der Waals surface area contributed by atoms with Crippen molar-refractivity contribution < 1.29 is 15.6 Å². The molecule has 0 bridgehead atoms. The topological polar surface area (TPSA) is 204 Å². The number of hydrogen-bond donors (Lipinski definition) is 3. The second kappa shape index (κ2) is 49.5. The predicted octanol–water partition coefficient (Wildman–Crippen LogP) is 0.596. The van der Waals surface area contributed by atoms with Crippen molar-refractivity contribution in [2.75, 3.05) is 0 Å². The normalized spacial score (nSPS) is 8.31. The molecule has 0 amide bonds. The van der Waals surface area contributed by atoms with Gasteiger partial charge in [-0.15, -0.1) is 0 Å². The van der Waals surface area contributed by atoms with Gasteiger partial charge in [0.15, 0.2) is 0 Å². The molecule has 0 saturated heterocycles. The summed E-state index contributed by atoms with van der Waals surface area (Å²) in [5, 5.41) is 57.0. The Morgan fingerprint density at radius 2 is 0.692 bits per heavy atom. The van der Waals surface area contributed by atoms with E-state index in [1.54, 1.807) is 31.7 Å². The zero-order valence-corrected chi connectivity index (χ0v) is 6.98. The molecule has 0 aromatic heterocycles. The van der Waals surface area contributed by atoms with Gasteiger partial charge in [0, 0.05) is 15.8 Å². The van der Waals surface area contributed by atoms with Crippen LogP contribution in [0.3, 0.4) is 0 Å². The van der Waals surface area contributed by atoms with Crippen LogP contribution in [-0.2, 0) is 0 Å².